The Hall–Kier alpha value is -0.795. The molecule has 0 saturated carbocycles. The Balaban J connectivity index is 2.34. The van der Waals surface area contributed by atoms with Crippen LogP contribution in [0.2, 0.25) is 0 Å². The first kappa shape index (κ1) is 13.3. The van der Waals surface area contributed by atoms with Gasteiger partial charge in [0.25, 0.3) is 0 Å². The zero-order valence-electron chi connectivity index (χ0n) is 10.7. The Morgan fingerprint density at radius 2 is 2.06 bits per heavy atom. The minimum Gasteiger partial charge on any atom is -0.336 e. The molecule has 1 heterocycles. The number of rotatable bonds is 6. The van der Waals surface area contributed by atoms with Crippen molar-refractivity contribution in [2.75, 3.05) is 0 Å². The van der Waals surface area contributed by atoms with Gasteiger partial charge in [0, 0.05) is 12.3 Å². The molecule has 2 amide bonds. The van der Waals surface area contributed by atoms with Crippen molar-refractivity contribution in [3.8, 4) is 0 Å². The molecule has 1 rings (SSSR count). The lowest BCUT2D eigenvalue weighted by Gasteiger charge is -2.17. The maximum Gasteiger partial charge on any atom is 0.231 e. The van der Waals surface area contributed by atoms with Crippen LogP contribution in [-0.4, -0.2) is 24.6 Å². The second-order valence-electron chi connectivity index (χ2n) is 4.93. The smallest absolute Gasteiger partial charge is 0.231 e. The molecular weight excluding hydrogens is 201 g/mol. The predicted octanol–water partition coefficient (Wildman–Crippen LogP) is 1.52. The highest BCUT2D eigenvalue weighted by atomic mass is 16.2. The largest absolute Gasteiger partial charge is 0.336 e. The van der Waals surface area contributed by atoms with E-state index >= 15 is 0 Å². The molecule has 0 aromatic carbocycles. The van der Waals surface area contributed by atoms with Crippen LogP contribution in [-0.2, 0) is 9.59 Å². The summed E-state index contributed by atoms with van der Waals surface area (Å²) in [7, 11) is 1.59. The molecule has 1 fully saturated rings. The number of carbonyl (C=O) groups excluding carboxylic acids is 2. The minimum atomic E-state index is -0.0564. The molecular formula is C12H22BNO2. The van der Waals surface area contributed by atoms with Crippen LogP contribution in [0.15, 0.2) is 0 Å². The number of imide groups is 1. The van der Waals surface area contributed by atoms with Crippen LogP contribution in [0.1, 0.15) is 52.4 Å². The van der Waals surface area contributed by atoms with Gasteiger partial charge in [0.05, 0.1) is 0 Å². The van der Waals surface area contributed by atoms with E-state index in [0.717, 1.165) is 6.42 Å². The van der Waals surface area contributed by atoms with Crippen LogP contribution in [0, 0.1) is 11.8 Å². The second-order valence-corrected chi connectivity index (χ2v) is 4.93. The van der Waals surface area contributed by atoms with E-state index in [-0.39, 0.29) is 17.7 Å². The first-order valence-electron chi connectivity index (χ1n) is 6.38. The molecule has 2 atom stereocenters. The lowest BCUT2D eigenvalue weighted by atomic mass is 9.88. The summed E-state index contributed by atoms with van der Waals surface area (Å²) in [6.07, 6.45) is 6.41. The average Bonchev–Trinajstić information content (AvgIpc) is 2.52. The molecule has 1 aliphatic rings. The van der Waals surface area contributed by atoms with Crippen molar-refractivity contribution in [1.82, 2.24) is 4.81 Å². The van der Waals surface area contributed by atoms with Crippen molar-refractivity contribution < 1.29 is 9.59 Å². The molecule has 0 radical (unpaired) electrons. The summed E-state index contributed by atoms with van der Waals surface area (Å²) in [5, 5.41) is 0. The number of nitrogens with zero attached hydrogens (tertiary/aromatic N) is 1. The standard InChI is InChI=1S/C12H22BNO2/c1-3-4-5-6-7-9(2)10-8-11(15)14(13)12(10)16/h9-10H,3-8,13H2,1-2H3. The van der Waals surface area contributed by atoms with E-state index in [0.29, 0.717) is 12.3 Å². The fourth-order valence-electron chi connectivity index (χ4n) is 2.32. The molecule has 1 aliphatic heterocycles. The van der Waals surface area contributed by atoms with E-state index in [1.54, 1.807) is 7.98 Å². The van der Waals surface area contributed by atoms with Gasteiger partial charge < -0.3 is 4.81 Å². The monoisotopic (exact) mass is 223 g/mol. The maximum atomic E-state index is 11.8. The summed E-state index contributed by atoms with van der Waals surface area (Å²) >= 11 is 0. The SMILES string of the molecule is BN1C(=O)CC(C(C)CCCCCC)C1=O. The number of hydrogen-bond acceptors (Lipinski definition) is 2. The van der Waals surface area contributed by atoms with Crippen LogP contribution < -0.4 is 0 Å². The van der Waals surface area contributed by atoms with Crippen LogP contribution >= 0.6 is 0 Å². The molecule has 90 valence electrons. The molecule has 0 N–H and O–H groups in total. The van der Waals surface area contributed by atoms with E-state index in [1.165, 1.54) is 30.5 Å². The second kappa shape index (κ2) is 6.07. The van der Waals surface area contributed by atoms with Gasteiger partial charge in [-0.05, 0) is 12.3 Å². The van der Waals surface area contributed by atoms with Gasteiger partial charge in [0.2, 0.25) is 19.8 Å². The summed E-state index contributed by atoms with van der Waals surface area (Å²) in [4.78, 5) is 24.4. The first-order chi connectivity index (χ1) is 7.57. The Morgan fingerprint density at radius 1 is 1.38 bits per heavy atom. The van der Waals surface area contributed by atoms with E-state index < -0.39 is 0 Å². The van der Waals surface area contributed by atoms with E-state index in [4.69, 9.17) is 0 Å². The summed E-state index contributed by atoms with van der Waals surface area (Å²) < 4.78 is 0. The fraction of sp³-hybridized carbons (Fsp3) is 0.833. The third-order valence-electron chi connectivity index (χ3n) is 3.62. The van der Waals surface area contributed by atoms with Crippen LogP contribution in [0.4, 0.5) is 0 Å². The van der Waals surface area contributed by atoms with Gasteiger partial charge in [-0.15, -0.1) is 0 Å². The molecule has 4 heteroatoms. The van der Waals surface area contributed by atoms with Crippen molar-refractivity contribution in [2.24, 2.45) is 11.8 Å². The number of carbonyl (C=O) groups is 2. The van der Waals surface area contributed by atoms with E-state index in [1.807, 2.05) is 0 Å². The highest BCUT2D eigenvalue weighted by Crippen LogP contribution is 2.28. The van der Waals surface area contributed by atoms with Crippen molar-refractivity contribution in [3.63, 3.8) is 0 Å². The third-order valence-corrected chi connectivity index (χ3v) is 3.62. The Kier molecular flexibility index (Phi) is 5.03. The highest BCUT2D eigenvalue weighted by Gasteiger charge is 2.38. The summed E-state index contributed by atoms with van der Waals surface area (Å²) in [6.45, 7) is 4.29. The van der Waals surface area contributed by atoms with Gasteiger partial charge in [-0.3, -0.25) is 9.59 Å². The number of amides is 2. The molecule has 2 unspecified atom stereocenters. The minimum absolute atomic E-state index is 0.0181. The molecule has 3 nitrogen and oxygen atoms in total. The molecule has 1 saturated heterocycles. The van der Waals surface area contributed by atoms with Crippen molar-refractivity contribution in [1.29, 1.82) is 0 Å². The molecule has 16 heavy (non-hydrogen) atoms. The molecule has 0 aliphatic carbocycles. The van der Waals surface area contributed by atoms with Crippen LogP contribution in [0.5, 0.6) is 0 Å². The number of hydrogen-bond donors (Lipinski definition) is 0. The van der Waals surface area contributed by atoms with Crippen molar-refractivity contribution >= 4 is 19.8 Å². The fourth-order valence-corrected chi connectivity index (χ4v) is 2.32. The summed E-state index contributed by atoms with van der Waals surface area (Å²) in [5.41, 5.74) is 0. The lowest BCUT2D eigenvalue weighted by molar-refractivity contribution is -0.133. The first-order valence-corrected chi connectivity index (χ1v) is 6.38. The van der Waals surface area contributed by atoms with Gasteiger partial charge in [0.15, 0.2) is 0 Å². The van der Waals surface area contributed by atoms with Crippen LogP contribution in [0.3, 0.4) is 0 Å². The average molecular weight is 223 g/mol. The Morgan fingerprint density at radius 3 is 2.56 bits per heavy atom. The zero-order chi connectivity index (χ0) is 12.1. The van der Waals surface area contributed by atoms with Gasteiger partial charge in [-0.2, -0.15) is 0 Å². The van der Waals surface area contributed by atoms with Crippen molar-refractivity contribution in [3.05, 3.63) is 0 Å². The van der Waals surface area contributed by atoms with Crippen molar-refractivity contribution in [2.45, 2.75) is 52.4 Å². The molecule has 0 bridgehead atoms. The molecule has 0 spiro atoms. The quantitative estimate of drug-likeness (QED) is 0.389. The van der Waals surface area contributed by atoms with E-state index in [9.17, 15) is 9.59 Å². The predicted molar refractivity (Wildman–Crippen MR) is 66.4 cm³/mol. The third kappa shape index (κ3) is 3.10. The summed E-state index contributed by atoms with van der Waals surface area (Å²) in [5.74, 6) is 0.292. The maximum absolute atomic E-state index is 11.8. The highest BCUT2D eigenvalue weighted by molar-refractivity contribution is 6.27. The van der Waals surface area contributed by atoms with E-state index in [2.05, 4.69) is 13.8 Å². The normalized spacial score (nSPS) is 22.9. The molecule has 0 aromatic heterocycles. The van der Waals surface area contributed by atoms with Gasteiger partial charge in [-0.25, -0.2) is 0 Å². The van der Waals surface area contributed by atoms with Gasteiger partial charge in [0.1, 0.15) is 0 Å². The summed E-state index contributed by atoms with van der Waals surface area (Å²) in [6, 6.07) is 0. The topological polar surface area (TPSA) is 37.4 Å². The Bertz CT molecular complexity index is 268. The van der Waals surface area contributed by atoms with Gasteiger partial charge in [-0.1, -0.05) is 39.5 Å². The van der Waals surface area contributed by atoms with Gasteiger partial charge >= 0.3 is 0 Å². The lowest BCUT2D eigenvalue weighted by Crippen LogP contribution is -2.29. The van der Waals surface area contributed by atoms with Crippen LogP contribution in [0.25, 0.3) is 0 Å². The number of unbranched alkanes of at least 4 members (excludes halogenated alkanes) is 3. The Labute approximate surface area is 99.0 Å². The molecule has 0 aromatic rings. The zero-order valence-corrected chi connectivity index (χ0v) is 10.7.